The average molecular weight is 270 g/mol. The summed E-state index contributed by atoms with van der Waals surface area (Å²) in [6.07, 6.45) is 5.13. The molecule has 0 aromatic rings. The number of amides is 2. The van der Waals surface area contributed by atoms with Gasteiger partial charge in [-0.1, -0.05) is 13.0 Å². The van der Waals surface area contributed by atoms with E-state index in [1.165, 1.54) is 0 Å². The fourth-order valence-corrected chi connectivity index (χ4v) is 2.20. The Hall–Kier alpha value is -1.07. The lowest BCUT2D eigenvalue weighted by atomic mass is 9.94. The second-order valence-electron chi connectivity index (χ2n) is 4.96. The van der Waals surface area contributed by atoms with Crippen LogP contribution in [0, 0.1) is 0 Å². The first kappa shape index (κ1) is 16.0. The van der Waals surface area contributed by atoms with Gasteiger partial charge in [-0.15, -0.1) is 6.58 Å². The third-order valence-electron chi connectivity index (χ3n) is 3.69. The maximum Gasteiger partial charge on any atom is 0.315 e. The summed E-state index contributed by atoms with van der Waals surface area (Å²) in [5, 5.41) is 5.84. The van der Waals surface area contributed by atoms with Gasteiger partial charge in [0.1, 0.15) is 0 Å². The number of carbonyl (C=O) groups is 1. The lowest BCUT2D eigenvalue weighted by Crippen LogP contribution is -2.51. The predicted molar refractivity (Wildman–Crippen MR) is 75.2 cm³/mol. The van der Waals surface area contributed by atoms with Gasteiger partial charge in [-0.3, -0.25) is 0 Å². The maximum atomic E-state index is 11.8. The van der Waals surface area contributed by atoms with Crippen LogP contribution in [0.4, 0.5) is 4.79 Å². The maximum absolute atomic E-state index is 11.8. The summed E-state index contributed by atoms with van der Waals surface area (Å²) in [5.74, 6) is 0. The van der Waals surface area contributed by atoms with Gasteiger partial charge in [0.25, 0.3) is 0 Å². The van der Waals surface area contributed by atoms with E-state index in [1.807, 2.05) is 13.0 Å². The summed E-state index contributed by atoms with van der Waals surface area (Å²) in [4.78, 5) is 11.8. The monoisotopic (exact) mass is 270 g/mol. The van der Waals surface area contributed by atoms with E-state index in [9.17, 15) is 4.79 Å². The molecule has 0 spiro atoms. The highest BCUT2D eigenvalue weighted by Crippen LogP contribution is 2.23. The summed E-state index contributed by atoms with van der Waals surface area (Å²) < 4.78 is 10.9. The van der Waals surface area contributed by atoms with Crippen molar-refractivity contribution in [3.8, 4) is 0 Å². The zero-order chi connectivity index (χ0) is 14.1. The van der Waals surface area contributed by atoms with Gasteiger partial charge in [0, 0.05) is 45.8 Å². The Morgan fingerprint density at radius 1 is 1.53 bits per heavy atom. The van der Waals surface area contributed by atoms with E-state index < -0.39 is 0 Å². The van der Waals surface area contributed by atoms with Crippen LogP contribution in [0.1, 0.15) is 32.6 Å². The molecule has 1 fully saturated rings. The summed E-state index contributed by atoms with van der Waals surface area (Å²) in [6, 6.07) is 0.00213. The predicted octanol–water partition coefficient (Wildman–Crippen LogP) is 1.84. The molecule has 1 heterocycles. The van der Waals surface area contributed by atoms with Crippen LogP contribution in [0.5, 0.6) is 0 Å². The lowest BCUT2D eigenvalue weighted by Gasteiger charge is -2.36. The summed E-state index contributed by atoms with van der Waals surface area (Å²) in [5.41, 5.74) is -0.282. The molecule has 0 bridgehead atoms. The number of methoxy groups -OCH3 is 1. The van der Waals surface area contributed by atoms with Gasteiger partial charge in [-0.2, -0.15) is 0 Å². The van der Waals surface area contributed by atoms with E-state index in [-0.39, 0.29) is 17.7 Å². The van der Waals surface area contributed by atoms with Gasteiger partial charge in [-0.25, -0.2) is 4.79 Å². The number of hydrogen-bond donors (Lipinski definition) is 2. The van der Waals surface area contributed by atoms with Gasteiger partial charge in [0.15, 0.2) is 0 Å². The van der Waals surface area contributed by atoms with Crippen molar-refractivity contribution in [1.29, 1.82) is 0 Å². The Morgan fingerprint density at radius 2 is 2.21 bits per heavy atom. The van der Waals surface area contributed by atoms with E-state index >= 15 is 0 Å². The van der Waals surface area contributed by atoms with Crippen LogP contribution in [0.25, 0.3) is 0 Å². The van der Waals surface area contributed by atoms with Crippen LogP contribution >= 0.6 is 0 Å². The number of urea groups is 1. The van der Waals surface area contributed by atoms with E-state index in [1.54, 1.807) is 7.11 Å². The Labute approximate surface area is 115 Å². The van der Waals surface area contributed by atoms with Crippen molar-refractivity contribution in [2.45, 2.75) is 44.2 Å². The van der Waals surface area contributed by atoms with Gasteiger partial charge < -0.3 is 20.1 Å². The average Bonchev–Trinajstić information content (AvgIpc) is 2.45. The highest BCUT2D eigenvalue weighted by Gasteiger charge is 2.32. The van der Waals surface area contributed by atoms with Crippen molar-refractivity contribution in [3.63, 3.8) is 0 Å². The number of carbonyl (C=O) groups excluding carboxylic acids is 1. The minimum absolute atomic E-state index is 0.142. The molecule has 5 nitrogen and oxygen atoms in total. The molecule has 5 heteroatoms. The molecule has 1 atom stereocenters. The van der Waals surface area contributed by atoms with E-state index in [4.69, 9.17) is 9.47 Å². The van der Waals surface area contributed by atoms with E-state index in [2.05, 4.69) is 17.2 Å². The molecule has 110 valence electrons. The molecule has 1 aliphatic rings. The largest absolute Gasteiger partial charge is 0.381 e. The van der Waals surface area contributed by atoms with Crippen LogP contribution < -0.4 is 10.6 Å². The third kappa shape index (κ3) is 5.20. The van der Waals surface area contributed by atoms with E-state index in [0.29, 0.717) is 19.8 Å². The lowest BCUT2D eigenvalue weighted by molar-refractivity contribution is -0.0861. The quantitative estimate of drug-likeness (QED) is 0.694. The molecule has 0 aromatic carbocycles. The highest BCUT2D eigenvalue weighted by atomic mass is 16.5. The summed E-state index contributed by atoms with van der Waals surface area (Å²) in [7, 11) is 1.69. The molecule has 0 saturated carbocycles. The third-order valence-corrected chi connectivity index (χ3v) is 3.69. The molecule has 0 aliphatic carbocycles. The number of nitrogens with one attached hydrogen (secondary N) is 2. The minimum Gasteiger partial charge on any atom is -0.381 e. The van der Waals surface area contributed by atoms with Crippen LogP contribution in [-0.2, 0) is 9.47 Å². The molecule has 1 aliphatic heterocycles. The number of hydrogen-bond acceptors (Lipinski definition) is 3. The first-order valence-corrected chi connectivity index (χ1v) is 6.94. The van der Waals surface area contributed by atoms with Gasteiger partial charge in [0.05, 0.1) is 5.60 Å². The number of rotatable bonds is 7. The van der Waals surface area contributed by atoms with E-state index in [0.717, 1.165) is 25.7 Å². The number of ether oxygens (including phenoxy) is 2. The SMILES string of the molecule is C=CCC(CC)NC(=O)NCC1(OC)CCOCC1. The van der Waals surface area contributed by atoms with Gasteiger partial charge in [0.2, 0.25) is 0 Å². The smallest absolute Gasteiger partial charge is 0.315 e. The second-order valence-corrected chi connectivity index (χ2v) is 4.96. The molecule has 2 amide bonds. The molecule has 1 saturated heterocycles. The van der Waals surface area contributed by atoms with Gasteiger partial charge in [-0.05, 0) is 12.8 Å². The fraction of sp³-hybridized carbons (Fsp3) is 0.786. The van der Waals surface area contributed by atoms with Crippen LogP contribution in [-0.4, -0.2) is 44.5 Å². The molecule has 2 N–H and O–H groups in total. The van der Waals surface area contributed by atoms with Gasteiger partial charge >= 0.3 is 6.03 Å². The molecule has 1 rings (SSSR count). The standard InChI is InChI=1S/C14H26N2O3/c1-4-6-12(5-2)16-13(17)15-11-14(18-3)7-9-19-10-8-14/h4,12H,1,5-11H2,2-3H3,(H2,15,16,17). The first-order valence-electron chi connectivity index (χ1n) is 6.94. The van der Waals surface area contributed by atoms with Crippen molar-refractivity contribution >= 4 is 6.03 Å². The summed E-state index contributed by atoms with van der Waals surface area (Å²) in [6.45, 7) is 7.63. The van der Waals surface area contributed by atoms with Crippen molar-refractivity contribution in [3.05, 3.63) is 12.7 Å². The molecular formula is C14H26N2O3. The molecule has 1 unspecified atom stereocenters. The molecule has 19 heavy (non-hydrogen) atoms. The Morgan fingerprint density at radius 3 is 2.74 bits per heavy atom. The zero-order valence-corrected chi connectivity index (χ0v) is 12.0. The van der Waals surface area contributed by atoms with Crippen molar-refractivity contribution in [1.82, 2.24) is 10.6 Å². The summed E-state index contributed by atoms with van der Waals surface area (Å²) >= 11 is 0. The van der Waals surface area contributed by atoms with Crippen molar-refractivity contribution in [2.24, 2.45) is 0 Å². The Bertz CT molecular complexity index is 288. The normalized spacial score (nSPS) is 19.5. The molecule has 0 radical (unpaired) electrons. The van der Waals surface area contributed by atoms with Crippen molar-refractivity contribution in [2.75, 3.05) is 26.9 Å². The fourth-order valence-electron chi connectivity index (χ4n) is 2.20. The second kappa shape index (κ2) is 8.17. The van der Waals surface area contributed by atoms with Crippen LogP contribution in [0.2, 0.25) is 0 Å². The molecule has 0 aromatic heterocycles. The Kier molecular flexibility index (Phi) is 6.87. The van der Waals surface area contributed by atoms with Crippen LogP contribution in [0.3, 0.4) is 0 Å². The topological polar surface area (TPSA) is 59.6 Å². The van der Waals surface area contributed by atoms with Crippen LogP contribution in [0.15, 0.2) is 12.7 Å². The first-order chi connectivity index (χ1) is 9.15. The Balaban J connectivity index is 2.37. The molecular weight excluding hydrogens is 244 g/mol. The van der Waals surface area contributed by atoms with Crippen molar-refractivity contribution < 1.29 is 14.3 Å². The zero-order valence-electron chi connectivity index (χ0n) is 12.0. The highest BCUT2D eigenvalue weighted by molar-refractivity contribution is 5.74. The minimum atomic E-state index is -0.282.